The summed E-state index contributed by atoms with van der Waals surface area (Å²) in [4.78, 5) is 21.4. The van der Waals surface area contributed by atoms with Crippen LogP contribution in [0.2, 0.25) is 0 Å². The third kappa shape index (κ3) is 3.83. The third-order valence-electron chi connectivity index (χ3n) is 4.86. The molecule has 3 rings (SSSR count). The van der Waals surface area contributed by atoms with E-state index < -0.39 is 5.60 Å². The van der Waals surface area contributed by atoms with Crippen LogP contribution >= 0.6 is 0 Å². The molecule has 0 unspecified atom stereocenters. The molecule has 1 aromatic heterocycles. The summed E-state index contributed by atoms with van der Waals surface area (Å²) >= 11 is 0. The number of nitrogens with zero attached hydrogens (tertiary/aromatic N) is 3. The van der Waals surface area contributed by atoms with Gasteiger partial charge in [-0.25, -0.2) is 9.78 Å². The van der Waals surface area contributed by atoms with Crippen molar-refractivity contribution in [2.45, 2.75) is 52.7 Å². The van der Waals surface area contributed by atoms with Crippen LogP contribution in [-0.2, 0) is 11.2 Å². The molecular weight excluding hydrogens is 316 g/mol. The van der Waals surface area contributed by atoms with Crippen LogP contribution in [0.4, 0.5) is 16.3 Å². The van der Waals surface area contributed by atoms with Crippen molar-refractivity contribution in [3.8, 4) is 0 Å². The lowest BCUT2D eigenvalue weighted by molar-refractivity contribution is 0.00883. The molecule has 1 aromatic rings. The van der Waals surface area contributed by atoms with Crippen LogP contribution in [0.15, 0.2) is 12.3 Å². The van der Waals surface area contributed by atoms with Crippen molar-refractivity contribution in [3.05, 3.63) is 17.8 Å². The zero-order valence-electron chi connectivity index (χ0n) is 16.0. The number of aromatic nitrogens is 1. The predicted molar refractivity (Wildman–Crippen MR) is 100 cm³/mol. The van der Waals surface area contributed by atoms with E-state index >= 15 is 0 Å². The number of nitrogens with one attached hydrogen (secondary N) is 1. The Morgan fingerprint density at radius 3 is 2.80 bits per heavy atom. The van der Waals surface area contributed by atoms with Crippen molar-refractivity contribution in [1.29, 1.82) is 0 Å². The van der Waals surface area contributed by atoms with Crippen molar-refractivity contribution in [1.82, 2.24) is 9.88 Å². The standard InChI is InChI=1S/C19H30N4O2/c1-13(2)16-12-22(10-11-23(16)18(24)25-19(3,4)5)15-7-9-21-17-14(15)6-8-20-17/h7,9,13,16H,6,8,10-12H2,1-5H3,(H,20,21)/t16-/m0/s1. The van der Waals surface area contributed by atoms with E-state index in [-0.39, 0.29) is 12.1 Å². The molecule has 2 aliphatic heterocycles. The zero-order chi connectivity index (χ0) is 18.2. The van der Waals surface area contributed by atoms with Gasteiger partial charge in [-0.2, -0.15) is 0 Å². The molecule has 0 saturated carbocycles. The molecule has 138 valence electrons. The first-order valence-corrected chi connectivity index (χ1v) is 9.22. The molecule has 1 N–H and O–H groups in total. The van der Waals surface area contributed by atoms with Gasteiger partial charge < -0.3 is 19.9 Å². The van der Waals surface area contributed by atoms with Crippen molar-refractivity contribution in [3.63, 3.8) is 0 Å². The number of amides is 1. The quantitative estimate of drug-likeness (QED) is 0.891. The van der Waals surface area contributed by atoms with Crippen LogP contribution in [0, 0.1) is 5.92 Å². The molecule has 0 bridgehead atoms. The number of hydrogen-bond donors (Lipinski definition) is 1. The van der Waals surface area contributed by atoms with Crippen LogP contribution in [-0.4, -0.2) is 53.8 Å². The lowest BCUT2D eigenvalue weighted by Gasteiger charge is -2.44. The number of piperazine rings is 1. The summed E-state index contributed by atoms with van der Waals surface area (Å²) in [6.45, 7) is 13.4. The molecular formula is C19H30N4O2. The molecule has 25 heavy (non-hydrogen) atoms. The molecule has 1 fully saturated rings. The first-order chi connectivity index (χ1) is 11.8. The fourth-order valence-corrected chi connectivity index (χ4v) is 3.63. The average Bonchev–Trinajstić information content (AvgIpc) is 3.01. The van der Waals surface area contributed by atoms with E-state index in [0.29, 0.717) is 12.5 Å². The summed E-state index contributed by atoms with van der Waals surface area (Å²) in [6.07, 6.45) is 2.68. The Labute approximate surface area is 150 Å². The molecule has 6 heteroatoms. The lowest BCUT2D eigenvalue weighted by atomic mass is 9.99. The minimum absolute atomic E-state index is 0.141. The van der Waals surface area contributed by atoms with Gasteiger partial charge in [-0.3, -0.25) is 0 Å². The van der Waals surface area contributed by atoms with Gasteiger partial charge in [0.2, 0.25) is 0 Å². The van der Waals surface area contributed by atoms with Crippen LogP contribution in [0.5, 0.6) is 0 Å². The molecule has 1 atom stereocenters. The number of carbonyl (C=O) groups is 1. The topological polar surface area (TPSA) is 57.7 Å². The summed E-state index contributed by atoms with van der Waals surface area (Å²) in [5, 5.41) is 3.34. The Balaban J connectivity index is 1.78. The van der Waals surface area contributed by atoms with Crippen molar-refractivity contribution < 1.29 is 9.53 Å². The summed E-state index contributed by atoms with van der Waals surface area (Å²) in [5.41, 5.74) is 2.09. The van der Waals surface area contributed by atoms with E-state index in [4.69, 9.17) is 4.74 Å². The number of carbonyl (C=O) groups excluding carboxylic acids is 1. The van der Waals surface area contributed by atoms with E-state index in [1.165, 1.54) is 11.3 Å². The fraction of sp³-hybridized carbons (Fsp3) is 0.684. The van der Waals surface area contributed by atoms with Crippen molar-refractivity contribution in [2.24, 2.45) is 5.92 Å². The van der Waals surface area contributed by atoms with Gasteiger partial charge in [0.05, 0.1) is 6.04 Å². The van der Waals surface area contributed by atoms with Gasteiger partial charge in [-0.1, -0.05) is 13.8 Å². The van der Waals surface area contributed by atoms with Gasteiger partial charge in [0.25, 0.3) is 0 Å². The SMILES string of the molecule is CC(C)[C@@H]1CN(c2ccnc3c2CCN3)CCN1C(=O)OC(C)(C)C. The number of anilines is 2. The summed E-state index contributed by atoms with van der Waals surface area (Å²) in [6, 6.07) is 2.24. The van der Waals surface area contributed by atoms with E-state index in [0.717, 1.165) is 31.9 Å². The minimum atomic E-state index is -0.465. The van der Waals surface area contributed by atoms with Gasteiger partial charge >= 0.3 is 6.09 Å². The first kappa shape index (κ1) is 17.8. The summed E-state index contributed by atoms with van der Waals surface area (Å²) in [7, 11) is 0. The maximum absolute atomic E-state index is 12.6. The van der Waals surface area contributed by atoms with E-state index in [1.54, 1.807) is 0 Å². The second-order valence-corrected chi connectivity index (χ2v) is 8.27. The Hall–Kier alpha value is -1.98. The normalized spacial score (nSPS) is 20.5. The van der Waals surface area contributed by atoms with E-state index in [9.17, 15) is 4.79 Å². The minimum Gasteiger partial charge on any atom is -0.444 e. The Bertz CT molecular complexity index is 639. The van der Waals surface area contributed by atoms with E-state index in [2.05, 4.69) is 35.1 Å². The number of hydrogen-bond acceptors (Lipinski definition) is 5. The average molecular weight is 346 g/mol. The fourth-order valence-electron chi connectivity index (χ4n) is 3.63. The Morgan fingerprint density at radius 1 is 1.36 bits per heavy atom. The molecule has 0 aromatic carbocycles. The van der Waals surface area contributed by atoms with Crippen molar-refractivity contribution in [2.75, 3.05) is 36.4 Å². The Morgan fingerprint density at radius 2 is 2.12 bits per heavy atom. The monoisotopic (exact) mass is 346 g/mol. The van der Waals surface area contributed by atoms with Crippen LogP contribution in [0.3, 0.4) is 0 Å². The summed E-state index contributed by atoms with van der Waals surface area (Å²) in [5.74, 6) is 1.37. The number of fused-ring (bicyclic) bond motifs is 1. The smallest absolute Gasteiger partial charge is 0.410 e. The predicted octanol–water partition coefficient (Wildman–Crippen LogP) is 3.13. The van der Waals surface area contributed by atoms with Crippen LogP contribution in [0.1, 0.15) is 40.2 Å². The molecule has 0 radical (unpaired) electrons. The molecule has 2 aliphatic rings. The maximum atomic E-state index is 12.6. The molecule has 1 amide bonds. The Kier molecular flexibility index (Phi) is 4.80. The maximum Gasteiger partial charge on any atom is 0.410 e. The molecule has 1 saturated heterocycles. The van der Waals surface area contributed by atoms with Gasteiger partial charge in [0, 0.05) is 43.6 Å². The second-order valence-electron chi connectivity index (χ2n) is 8.27. The number of ether oxygens (including phenoxy) is 1. The zero-order valence-corrected chi connectivity index (χ0v) is 16.0. The molecule has 0 aliphatic carbocycles. The highest BCUT2D eigenvalue weighted by molar-refractivity contribution is 5.70. The van der Waals surface area contributed by atoms with E-state index in [1.807, 2.05) is 31.9 Å². The number of pyridine rings is 1. The molecule has 3 heterocycles. The highest BCUT2D eigenvalue weighted by atomic mass is 16.6. The third-order valence-corrected chi connectivity index (χ3v) is 4.86. The van der Waals surface area contributed by atoms with Gasteiger partial charge in [-0.05, 0) is 39.2 Å². The summed E-state index contributed by atoms with van der Waals surface area (Å²) < 4.78 is 5.62. The van der Waals surface area contributed by atoms with Gasteiger partial charge in [-0.15, -0.1) is 0 Å². The highest BCUT2D eigenvalue weighted by Gasteiger charge is 2.36. The molecule has 0 spiro atoms. The van der Waals surface area contributed by atoms with Gasteiger partial charge in [0.1, 0.15) is 11.4 Å². The van der Waals surface area contributed by atoms with Crippen LogP contribution < -0.4 is 10.2 Å². The van der Waals surface area contributed by atoms with Crippen molar-refractivity contribution >= 4 is 17.6 Å². The lowest BCUT2D eigenvalue weighted by Crippen LogP contribution is -2.58. The second kappa shape index (κ2) is 6.73. The largest absolute Gasteiger partial charge is 0.444 e. The first-order valence-electron chi connectivity index (χ1n) is 9.22. The highest BCUT2D eigenvalue weighted by Crippen LogP contribution is 2.32. The van der Waals surface area contributed by atoms with Gasteiger partial charge in [0.15, 0.2) is 0 Å². The number of rotatable bonds is 2. The molecule has 6 nitrogen and oxygen atoms in total. The van der Waals surface area contributed by atoms with Crippen LogP contribution in [0.25, 0.3) is 0 Å².